The van der Waals surface area contributed by atoms with Gasteiger partial charge in [0.05, 0.1) is 0 Å². The van der Waals surface area contributed by atoms with E-state index >= 15 is 0 Å². The zero-order chi connectivity index (χ0) is 34.6. The maximum absolute atomic E-state index is 12.7. The number of aromatic hydroxyl groups is 2. The van der Waals surface area contributed by atoms with Crippen molar-refractivity contribution in [1.82, 2.24) is 0 Å². The zero-order valence-corrected chi connectivity index (χ0v) is 28.5. The smallest absolute Gasteiger partial charge is 0.344 e. The molecule has 1 aliphatic rings. The van der Waals surface area contributed by atoms with E-state index in [1.54, 1.807) is 41.5 Å². The first-order valence-electron chi connectivity index (χ1n) is 16.2. The maximum atomic E-state index is 12.7. The molecule has 48 heavy (non-hydrogen) atoms. The third kappa shape index (κ3) is 8.68. The second-order valence-electron chi connectivity index (χ2n) is 14.1. The van der Waals surface area contributed by atoms with Crippen molar-refractivity contribution in [3.05, 3.63) is 117 Å². The van der Waals surface area contributed by atoms with Crippen LogP contribution in [0.2, 0.25) is 0 Å². The Labute approximate surface area is 282 Å². The standard InChI is InChI=1S/C40H44O8/c1-39(2,3)47-33(41)23-45-37-29-15-9-16-30(37)20-26-12-8-14-28(36(26)44)22-32-18-10-17-31(21-27-13-7-11-25(19-29)35(27)43)38(32)46-24-34(42)48-40(4,5)6/h7-18,43-44H,19-24H2,1-6H3. The average Bonchev–Trinajstić information content (AvgIpc) is 2.98. The second kappa shape index (κ2) is 14.0. The van der Waals surface area contributed by atoms with Crippen LogP contribution in [0.3, 0.4) is 0 Å². The molecule has 0 saturated heterocycles. The molecule has 0 aromatic heterocycles. The molecule has 0 amide bonds. The molecule has 4 aromatic rings. The molecule has 0 heterocycles. The van der Waals surface area contributed by atoms with E-state index in [-0.39, 0.29) is 24.7 Å². The van der Waals surface area contributed by atoms with E-state index < -0.39 is 23.1 Å². The van der Waals surface area contributed by atoms with Crippen LogP contribution in [0.25, 0.3) is 0 Å². The topological polar surface area (TPSA) is 112 Å². The molecule has 8 bridgehead atoms. The molecule has 8 heteroatoms. The van der Waals surface area contributed by atoms with Gasteiger partial charge in [-0.25, -0.2) is 9.59 Å². The molecule has 0 aliphatic heterocycles. The van der Waals surface area contributed by atoms with Gasteiger partial charge in [0.1, 0.15) is 34.2 Å². The summed E-state index contributed by atoms with van der Waals surface area (Å²) < 4.78 is 23.3. The average molecular weight is 653 g/mol. The molecule has 2 N–H and O–H groups in total. The summed E-state index contributed by atoms with van der Waals surface area (Å²) in [6, 6.07) is 22.7. The van der Waals surface area contributed by atoms with Crippen LogP contribution in [0.4, 0.5) is 0 Å². The number of hydrogen-bond acceptors (Lipinski definition) is 8. The predicted molar refractivity (Wildman–Crippen MR) is 183 cm³/mol. The summed E-state index contributed by atoms with van der Waals surface area (Å²) in [5, 5.41) is 23.1. The summed E-state index contributed by atoms with van der Waals surface area (Å²) in [5.74, 6) is 0.303. The van der Waals surface area contributed by atoms with Crippen LogP contribution in [0, 0.1) is 0 Å². The zero-order valence-electron chi connectivity index (χ0n) is 28.5. The number of para-hydroxylation sites is 4. The van der Waals surface area contributed by atoms with E-state index in [1.807, 2.05) is 72.8 Å². The van der Waals surface area contributed by atoms with Crippen LogP contribution in [-0.2, 0) is 44.7 Å². The van der Waals surface area contributed by atoms with Crippen molar-refractivity contribution in [2.24, 2.45) is 0 Å². The van der Waals surface area contributed by atoms with Gasteiger partial charge in [0.2, 0.25) is 0 Å². The quantitative estimate of drug-likeness (QED) is 0.185. The first-order chi connectivity index (χ1) is 22.7. The van der Waals surface area contributed by atoms with Crippen LogP contribution in [0.5, 0.6) is 23.0 Å². The van der Waals surface area contributed by atoms with E-state index in [0.717, 1.165) is 22.3 Å². The Hall–Kier alpha value is -4.98. The Morgan fingerprint density at radius 2 is 0.750 bits per heavy atom. The second-order valence-corrected chi connectivity index (χ2v) is 14.1. The number of esters is 2. The lowest BCUT2D eigenvalue weighted by Crippen LogP contribution is -2.27. The van der Waals surface area contributed by atoms with Gasteiger partial charge in [-0.05, 0) is 86.1 Å². The summed E-state index contributed by atoms with van der Waals surface area (Å²) >= 11 is 0. The Kier molecular flexibility index (Phi) is 10.0. The molecule has 0 atom stereocenters. The summed E-state index contributed by atoms with van der Waals surface area (Å²) in [6.07, 6.45) is 1.30. The lowest BCUT2D eigenvalue weighted by molar-refractivity contribution is -0.158. The van der Waals surface area contributed by atoms with E-state index in [1.165, 1.54) is 0 Å². The molecule has 4 aromatic carbocycles. The minimum Gasteiger partial charge on any atom is -0.507 e. The van der Waals surface area contributed by atoms with E-state index in [2.05, 4.69) is 0 Å². The summed E-state index contributed by atoms with van der Waals surface area (Å²) in [6.45, 7) is 10.2. The monoisotopic (exact) mass is 652 g/mol. The molecule has 252 valence electrons. The number of carbonyl (C=O) groups excluding carboxylic acids is 2. The minimum absolute atomic E-state index is 0.138. The first-order valence-corrected chi connectivity index (χ1v) is 16.2. The number of benzene rings is 4. The molecule has 0 radical (unpaired) electrons. The van der Waals surface area contributed by atoms with Crippen molar-refractivity contribution < 1.29 is 38.7 Å². The van der Waals surface area contributed by atoms with Gasteiger partial charge in [0, 0.05) is 25.7 Å². The molecule has 0 saturated carbocycles. The van der Waals surface area contributed by atoms with E-state index in [9.17, 15) is 19.8 Å². The van der Waals surface area contributed by atoms with Gasteiger partial charge in [-0.15, -0.1) is 0 Å². The molecule has 0 unspecified atom stereocenters. The Morgan fingerprint density at radius 1 is 0.500 bits per heavy atom. The van der Waals surface area contributed by atoms with E-state index in [4.69, 9.17) is 18.9 Å². The van der Waals surface area contributed by atoms with Gasteiger partial charge >= 0.3 is 11.9 Å². The highest BCUT2D eigenvalue weighted by molar-refractivity contribution is 5.72. The lowest BCUT2D eigenvalue weighted by Gasteiger charge is -2.22. The van der Waals surface area contributed by atoms with Gasteiger partial charge in [0.25, 0.3) is 0 Å². The number of phenols is 2. The number of phenolic OH excluding ortho intramolecular Hbond substituents is 2. The van der Waals surface area contributed by atoms with Crippen molar-refractivity contribution >= 4 is 11.9 Å². The van der Waals surface area contributed by atoms with Crippen LogP contribution < -0.4 is 9.47 Å². The molecular formula is C40H44O8. The van der Waals surface area contributed by atoms with Crippen LogP contribution in [0.1, 0.15) is 86.1 Å². The highest BCUT2D eigenvalue weighted by Gasteiger charge is 2.23. The number of carbonyl (C=O) groups is 2. The molecular weight excluding hydrogens is 608 g/mol. The van der Waals surface area contributed by atoms with Gasteiger partial charge in [-0.1, -0.05) is 72.8 Å². The van der Waals surface area contributed by atoms with E-state index in [0.29, 0.717) is 59.4 Å². The fourth-order valence-corrected chi connectivity index (χ4v) is 5.89. The van der Waals surface area contributed by atoms with Gasteiger partial charge < -0.3 is 29.2 Å². The summed E-state index contributed by atoms with van der Waals surface area (Å²) in [7, 11) is 0. The Morgan fingerprint density at radius 3 is 1.00 bits per heavy atom. The Bertz CT molecular complexity index is 1590. The molecule has 0 spiro atoms. The maximum Gasteiger partial charge on any atom is 0.344 e. The van der Waals surface area contributed by atoms with Crippen LogP contribution in [-0.4, -0.2) is 46.6 Å². The summed E-state index contributed by atoms with van der Waals surface area (Å²) in [4.78, 5) is 25.3. The first kappa shape index (κ1) is 34.4. The van der Waals surface area contributed by atoms with Crippen LogP contribution in [0.15, 0.2) is 72.8 Å². The van der Waals surface area contributed by atoms with Gasteiger partial charge in [-0.3, -0.25) is 0 Å². The molecule has 0 fully saturated rings. The highest BCUT2D eigenvalue weighted by atomic mass is 16.6. The Balaban J connectivity index is 1.60. The number of fused-ring (bicyclic) bond motifs is 8. The third-order valence-corrected chi connectivity index (χ3v) is 7.79. The van der Waals surface area contributed by atoms with Crippen molar-refractivity contribution in [3.63, 3.8) is 0 Å². The third-order valence-electron chi connectivity index (χ3n) is 7.79. The van der Waals surface area contributed by atoms with Gasteiger partial charge in [-0.2, -0.15) is 0 Å². The van der Waals surface area contributed by atoms with Crippen LogP contribution >= 0.6 is 0 Å². The fraction of sp³-hybridized carbons (Fsp3) is 0.350. The highest BCUT2D eigenvalue weighted by Crippen LogP contribution is 2.38. The number of hydrogen-bond donors (Lipinski definition) is 2. The van der Waals surface area contributed by atoms with Crippen molar-refractivity contribution in [1.29, 1.82) is 0 Å². The SMILES string of the molecule is CC(C)(C)OC(=O)COc1c2cccc1Cc1cccc(c1O)Cc1cccc(c1OCC(=O)OC(C)(C)C)Cc1cccc(c1O)C2. The fourth-order valence-electron chi connectivity index (χ4n) is 5.89. The van der Waals surface area contributed by atoms with Crippen molar-refractivity contribution in [2.45, 2.75) is 78.4 Å². The number of rotatable bonds is 6. The normalized spacial score (nSPS) is 13.0. The van der Waals surface area contributed by atoms with Crippen molar-refractivity contribution in [2.75, 3.05) is 13.2 Å². The molecule has 5 rings (SSSR count). The lowest BCUT2D eigenvalue weighted by atomic mass is 9.91. The number of ether oxygens (including phenoxy) is 4. The van der Waals surface area contributed by atoms with Crippen molar-refractivity contribution in [3.8, 4) is 23.0 Å². The summed E-state index contributed by atoms with van der Waals surface area (Å²) in [5.41, 5.74) is 4.48. The largest absolute Gasteiger partial charge is 0.507 e. The molecule has 8 nitrogen and oxygen atoms in total. The van der Waals surface area contributed by atoms with Gasteiger partial charge in [0.15, 0.2) is 13.2 Å². The predicted octanol–water partition coefficient (Wildman–Crippen LogP) is 7.22. The molecule has 1 aliphatic carbocycles. The minimum atomic E-state index is -0.661.